The summed E-state index contributed by atoms with van der Waals surface area (Å²) >= 11 is 1.66. The van der Waals surface area contributed by atoms with E-state index in [2.05, 4.69) is 17.1 Å². The summed E-state index contributed by atoms with van der Waals surface area (Å²) in [5.41, 5.74) is 0.848. The van der Waals surface area contributed by atoms with Crippen molar-refractivity contribution < 1.29 is 14.1 Å². The molecular weight excluding hydrogens is 374 g/mol. The SMILES string of the molecule is CCCCOc1ccc(-c2nc(C3CC(=O)N(Cc4cccs4)C3)no2)cc1. The van der Waals surface area contributed by atoms with Crippen molar-refractivity contribution in [1.82, 2.24) is 15.0 Å². The van der Waals surface area contributed by atoms with Crippen molar-refractivity contribution in [1.29, 1.82) is 0 Å². The second-order valence-corrected chi connectivity index (χ2v) is 7.97. The average molecular weight is 398 g/mol. The van der Waals surface area contributed by atoms with Gasteiger partial charge in [0.2, 0.25) is 5.91 Å². The lowest BCUT2D eigenvalue weighted by Gasteiger charge is -2.14. The number of unbranched alkanes of at least 4 members (excludes halogenated alkanes) is 1. The van der Waals surface area contributed by atoms with Crippen LogP contribution in [0.3, 0.4) is 0 Å². The van der Waals surface area contributed by atoms with E-state index < -0.39 is 0 Å². The highest BCUT2D eigenvalue weighted by Crippen LogP contribution is 2.30. The van der Waals surface area contributed by atoms with Crippen molar-refractivity contribution in [3.05, 3.63) is 52.5 Å². The molecule has 1 saturated heterocycles. The highest BCUT2D eigenvalue weighted by Gasteiger charge is 2.33. The largest absolute Gasteiger partial charge is 0.494 e. The number of carbonyl (C=O) groups excluding carboxylic acids is 1. The van der Waals surface area contributed by atoms with Crippen molar-refractivity contribution in [2.45, 2.75) is 38.6 Å². The van der Waals surface area contributed by atoms with Crippen molar-refractivity contribution in [3.63, 3.8) is 0 Å². The molecule has 6 nitrogen and oxygen atoms in total. The quantitative estimate of drug-likeness (QED) is 0.524. The summed E-state index contributed by atoms with van der Waals surface area (Å²) in [6.45, 7) is 4.13. The highest BCUT2D eigenvalue weighted by molar-refractivity contribution is 7.09. The molecular formula is C21H23N3O3S. The molecule has 1 fully saturated rings. The van der Waals surface area contributed by atoms with Gasteiger partial charge in [0, 0.05) is 29.3 Å². The average Bonchev–Trinajstić information content (AvgIpc) is 3.45. The molecule has 3 heterocycles. The fourth-order valence-electron chi connectivity index (χ4n) is 3.23. The summed E-state index contributed by atoms with van der Waals surface area (Å²) in [6.07, 6.45) is 2.57. The first-order valence-corrected chi connectivity index (χ1v) is 10.5. The normalized spacial score (nSPS) is 16.7. The van der Waals surface area contributed by atoms with E-state index in [9.17, 15) is 4.79 Å². The van der Waals surface area contributed by atoms with E-state index in [-0.39, 0.29) is 11.8 Å². The molecule has 0 N–H and O–H groups in total. The standard InChI is InChI=1S/C21H23N3O3S/c1-2-3-10-26-17-8-6-15(7-9-17)21-22-20(23-27-21)16-12-19(25)24(13-16)14-18-5-4-11-28-18/h4-9,11,16H,2-3,10,12-14H2,1H3. The minimum Gasteiger partial charge on any atom is -0.494 e. The van der Waals surface area contributed by atoms with Gasteiger partial charge >= 0.3 is 0 Å². The molecule has 2 aromatic heterocycles. The first-order valence-electron chi connectivity index (χ1n) is 9.60. The zero-order chi connectivity index (χ0) is 19.3. The second kappa shape index (κ2) is 8.56. The molecule has 1 aliphatic heterocycles. The third-order valence-corrected chi connectivity index (χ3v) is 5.68. The Bertz CT molecular complexity index is 905. The van der Waals surface area contributed by atoms with Gasteiger partial charge in [0.05, 0.1) is 13.2 Å². The number of ether oxygens (including phenoxy) is 1. The molecule has 146 valence electrons. The molecule has 1 amide bonds. The van der Waals surface area contributed by atoms with Gasteiger partial charge in [-0.05, 0) is 42.1 Å². The molecule has 0 saturated carbocycles. The number of hydrogen-bond donors (Lipinski definition) is 0. The first kappa shape index (κ1) is 18.7. The van der Waals surface area contributed by atoms with Crippen LogP contribution in [0.15, 0.2) is 46.3 Å². The number of benzene rings is 1. The van der Waals surface area contributed by atoms with Gasteiger partial charge in [-0.15, -0.1) is 11.3 Å². The summed E-state index contributed by atoms with van der Waals surface area (Å²) in [6, 6.07) is 11.7. The van der Waals surface area contributed by atoms with Crippen molar-refractivity contribution in [2.75, 3.05) is 13.2 Å². The Morgan fingerprint density at radius 3 is 2.89 bits per heavy atom. The molecule has 4 rings (SSSR count). The molecule has 28 heavy (non-hydrogen) atoms. The monoisotopic (exact) mass is 397 g/mol. The van der Waals surface area contributed by atoms with Crippen LogP contribution >= 0.6 is 11.3 Å². The molecule has 7 heteroatoms. The lowest BCUT2D eigenvalue weighted by Crippen LogP contribution is -2.23. The van der Waals surface area contributed by atoms with Gasteiger partial charge < -0.3 is 14.2 Å². The molecule has 1 aromatic carbocycles. The third kappa shape index (κ3) is 4.25. The van der Waals surface area contributed by atoms with Crippen LogP contribution in [0.4, 0.5) is 0 Å². The molecule has 0 bridgehead atoms. The van der Waals surface area contributed by atoms with Crippen LogP contribution in [0.1, 0.15) is 42.8 Å². The van der Waals surface area contributed by atoms with Gasteiger partial charge in [-0.1, -0.05) is 24.6 Å². The molecule has 1 atom stereocenters. The maximum atomic E-state index is 12.3. The van der Waals surface area contributed by atoms with Gasteiger partial charge in [-0.2, -0.15) is 4.98 Å². The van der Waals surface area contributed by atoms with Crippen LogP contribution in [0.5, 0.6) is 5.75 Å². The topological polar surface area (TPSA) is 68.5 Å². The van der Waals surface area contributed by atoms with Crippen molar-refractivity contribution in [2.24, 2.45) is 0 Å². The van der Waals surface area contributed by atoms with Crippen LogP contribution in [0.25, 0.3) is 11.5 Å². The van der Waals surface area contributed by atoms with Crippen LogP contribution in [0, 0.1) is 0 Å². The number of nitrogens with zero attached hydrogens (tertiary/aromatic N) is 3. The summed E-state index contributed by atoms with van der Waals surface area (Å²) in [5.74, 6) is 2.02. The Hall–Kier alpha value is -2.67. The summed E-state index contributed by atoms with van der Waals surface area (Å²) in [7, 11) is 0. The van der Waals surface area contributed by atoms with E-state index >= 15 is 0 Å². The third-order valence-electron chi connectivity index (χ3n) is 4.82. The second-order valence-electron chi connectivity index (χ2n) is 6.94. The van der Waals surface area contributed by atoms with Crippen LogP contribution in [-0.4, -0.2) is 34.1 Å². The van der Waals surface area contributed by atoms with Crippen LogP contribution in [0.2, 0.25) is 0 Å². The van der Waals surface area contributed by atoms with E-state index in [1.54, 1.807) is 11.3 Å². The minimum atomic E-state index is -0.0263. The fourth-order valence-corrected chi connectivity index (χ4v) is 3.95. The summed E-state index contributed by atoms with van der Waals surface area (Å²) < 4.78 is 11.1. The lowest BCUT2D eigenvalue weighted by molar-refractivity contribution is -0.128. The minimum absolute atomic E-state index is 0.0263. The summed E-state index contributed by atoms with van der Waals surface area (Å²) in [4.78, 5) is 19.9. The molecule has 1 aliphatic rings. The number of thiophene rings is 1. The van der Waals surface area contributed by atoms with E-state index in [0.29, 0.717) is 31.2 Å². The van der Waals surface area contributed by atoms with Crippen LogP contribution in [-0.2, 0) is 11.3 Å². The maximum Gasteiger partial charge on any atom is 0.257 e. The van der Waals surface area contributed by atoms with Crippen molar-refractivity contribution >= 4 is 17.2 Å². The number of likely N-dealkylation sites (tertiary alicyclic amines) is 1. The summed E-state index contributed by atoms with van der Waals surface area (Å²) in [5, 5.41) is 6.16. The van der Waals surface area contributed by atoms with Gasteiger partial charge in [0.1, 0.15) is 5.75 Å². The number of carbonyl (C=O) groups is 1. The van der Waals surface area contributed by atoms with E-state index in [0.717, 1.165) is 30.8 Å². The first-order chi connectivity index (χ1) is 13.7. The number of rotatable bonds is 8. The Balaban J connectivity index is 1.39. The lowest BCUT2D eigenvalue weighted by atomic mass is 10.1. The predicted molar refractivity (Wildman–Crippen MR) is 107 cm³/mol. The van der Waals surface area contributed by atoms with E-state index in [1.807, 2.05) is 46.7 Å². The van der Waals surface area contributed by atoms with Gasteiger partial charge in [0.25, 0.3) is 5.89 Å². The Labute approximate surface area is 168 Å². The molecule has 1 unspecified atom stereocenters. The van der Waals surface area contributed by atoms with Crippen LogP contribution < -0.4 is 4.74 Å². The Kier molecular flexibility index (Phi) is 5.71. The Morgan fingerprint density at radius 1 is 1.29 bits per heavy atom. The van der Waals surface area contributed by atoms with Gasteiger partial charge in [-0.25, -0.2) is 0 Å². The highest BCUT2D eigenvalue weighted by atomic mass is 32.1. The zero-order valence-corrected chi connectivity index (χ0v) is 16.7. The molecule has 3 aromatic rings. The fraction of sp³-hybridized carbons (Fsp3) is 0.381. The van der Waals surface area contributed by atoms with E-state index in [4.69, 9.17) is 9.26 Å². The maximum absolute atomic E-state index is 12.3. The molecule has 0 spiro atoms. The zero-order valence-electron chi connectivity index (χ0n) is 15.8. The number of aromatic nitrogens is 2. The number of hydrogen-bond acceptors (Lipinski definition) is 6. The molecule has 0 radical (unpaired) electrons. The smallest absolute Gasteiger partial charge is 0.257 e. The molecule has 0 aliphatic carbocycles. The number of amides is 1. The van der Waals surface area contributed by atoms with Gasteiger partial charge in [0.15, 0.2) is 5.82 Å². The van der Waals surface area contributed by atoms with Gasteiger partial charge in [-0.3, -0.25) is 4.79 Å². The predicted octanol–water partition coefficient (Wildman–Crippen LogP) is 4.49. The van der Waals surface area contributed by atoms with Crippen molar-refractivity contribution in [3.8, 4) is 17.2 Å². The van der Waals surface area contributed by atoms with E-state index in [1.165, 1.54) is 4.88 Å². The Morgan fingerprint density at radius 2 is 2.14 bits per heavy atom.